The highest BCUT2D eigenvalue weighted by atomic mass is 16.1. The van der Waals surface area contributed by atoms with Gasteiger partial charge in [0.25, 0.3) is 5.56 Å². The zero-order valence-corrected chi connectivity index (χ0v) is 13.4. The lowest BCUT2D eigenvalue weighted by molar-refractivity contribution is 0.420. The zero-order valence-electron chi connectivity index (χ0n) is 13.4. The number of nitrogens with zero attached hydrogens (tertiary/aromatic N) is 4. The molecule has 3 aromatic rings. The van der Waals surface area contributed by atoms with Gasteiger partial charge >= 0.3 is 0 Å². The Hall–Kier alpha value is -2.67. The molecule has 0 aromatic carbocycles. The smallest absolute Gasteiger partial charge is 0.290 e. The molecule has 1 saturated heterocycles. The van der Waals surface area contributed by atoms with Crippen LogP contribution in [0.4, 0.5) is 5.82 Å². The Morgan fingerprint density at radius 1 is 1.38 bits per heavy atom. The molecule has 1 atom stereocenters. The molecule has 1 aliphatic heterocycles. The summed E-state index contributed by atoms with van der Waals surface area (Å²) in [6.45, 7) is 2.43. The highest BCUT2D eigenvalue weighted by Gasteiger charge is 2.22. The van der Waals surface area contributed by atoms with Crippen molar-refractivity contribution in [2.24, 2.45) is 0 Å². The molecular weight excluding hydrogens is 304 g/mol. The van der Waals surface area contributed by atoms with Gasteiger partial charge in [-0.25, -0.2) is 9.50 Å². The van der Waals surface area contributed by atoms with Crippen LogP contribution >= 0.6 is 0 Å². The number of anilines is 1. The van der Waals surface area contributed by atoms with E-state index in [1.807, 2.05) is 29.0 Å². The normalized spacial score (nSPS) is 18.2. The molecule has 0 bridgehead atoms. The second kappa shape index (κ2) is 6.45. The van der Waals surface area contributed by atoms with E-state index < -0.39 is 0 Å². The van der Waals surface area contributed by atoms with Crippen molar-refractivity contribution in [3.63, 3.8) is 0 Å². The van der Waals surface area contributed by atoms with Gasteiger partial charge in [0.1, 0.15) is 0 Å². The van der Waals surface area contributed by atoms with Gasteiger partial charge in [-0.05, 0) is 25.0 Å². The van der Waals surface area contributed by atoms with Crippen molar-refractivity contribution >= 4 is 11.3 Å². The van der Waals surface area contributed by atoms with Gasteiger partial charge in [0, 0.05) is 49.8 Å². The maximum absolute atomic E-state index is 11.9. The lowest BCUT2D eigenvalue weighted by atomic mass is 10.1. The summed E-state index contributed by atoms with van der Waals surface area (Å²) in [5.74, 6) is 0.514. The zero-order chi connectivity index (χ0) is 16.4. The maximum Gasteiger partial charge on any atom is 0.290 e. The third-order valence-electron chi connectivity index (χ3n) is 4.50. The first kappa shape index (κ1) is 14.9. The van der Waals surface area contributed by atoms with E-state index in [0.29, 0.717) is 11.9 Å². The number of H-pyrrole nitrogens is 1. The van der Waals surface area contributed by atoms with Crippen LogP contribution in [0, 0.1) is 0 Å². The second-order valence-electron chi connectivity index (χ2n) is 6.11. The topological polar surface area (TPSA) is 78.3 Å². The number of aromatic amines is 1. The van der Waals surface area contributed by atoms with Crippen molar-refractivity contribution in [2.75, 3.05) is 18.0 Å². The van der Waals surface area contributed by atoms with E-state index in [0.717, 1.165) is 38.0 Å². The Balaban J connectivity index is 1.44. The van der Waals surface area contributed by atoms with Crippen LogP contribution < -0.4 is 15.8 Å². The van der Waals surface area contributed by atoms with Crippen molar-refractivity contribution in [1.82, 2.24) is 24.9 Å². The minimum absolute atomic E-state index is 0.124. The molecule has 0 saturated carbocycles. The molecule has 124 valence electrons. The highest BCUT2D eigenvalue weighted by molar-refractivity contribution is 5.53. The number of aromatic nitrogens is 4. The molecule has 4 rings (SSSR count). The van der Waals surface area contributed by atoms with Crippen LogP contribution in [0.15, 0.2) is 47.8 Å². The first-order valence-electron chi connectivity index (χ1n) is 8.24. The number of pyridine rings is 1. The molecule has 24 heavy (non-hydrogen) atoms. The fourth-order valence-corrected chi connectivity index (χ4v) is 3.28. The molecule has 0 spiro atoms. The summed E-state index contributed by atoms with van der Waals surface area (Å²) >= 11 is 0. The standard InChI is InChI=1S/C17H20N6O/c24-17-16(18-6-7-19-17)22-8-3-4-14(12-22)20-10-13-11-21-23-9-2-1-5-15(13)23/h1-2,5-7,9,11,14,20H,3-4,8,10,12H2,(H,19,24). The van der Waals surface area contributed by atoms with Gasteiger partial charge in [-0.1, -0.05) is 6.07 Å². The van der Waals surface area contributed by atoms with E-state index in [-0.39, 0.29) is 5.56 Å². The third-order valence-corrected chi connectivity index (χ3v) is 4.50. The molecule has 1 unspecified atom stereocenters. The predicted molar refractivity (Wildman–Crippen MR) is 92.1 cm³/mol. The van der Waals surface area contributed by atoms with Crippen LogP contribution in [-0.2, 0) is 6.54 Å². The summed E-state index contributed by atoms with van der Waals surface area (Å²) in [4.78, 5) is 20.9. The molecule has 0 radical (unpaired) electrons. The van der Waals surface area contributed by atoms with Crippen LogP contribution in [0.2, 0.25) is 0 Å². The minimum atomic E-state index is -0.124. The molecule has 2 N–H and O–H groups in total. The first-order valence-corrected chi connectivity index (χ1v) is 8.24. The van der Waals surface area contributed by atoms with E-state index in [4.69, 9.17) is 0 Å². The van der Waals surface area contributed by atoms with Crippen LogP contribution in [0.25, 0.3) is 5.52 Å². The summed E-state index contributed by atoms with van der Waals surface area (Å²) in [5, 5.41) is 7.97. The molecule has 3 aromatic heterocycles. The Labute approximate surface area is 139 Å². The fourth-order valence-electron chi connectivity index (χ4n) is 3.28. The van der Waals surface area contributed by atoms with Crippen molar-refractivity contribution in [3.8, 4) is 0 Å². The van der Waals surface area contributed by atoms with Gasteiger partial charge in [-0.15, -0.1) is 0 Å². The second-order valence-corrected chi connectivity index (χ2v) is 6.11. The van der Waals surface area contributed by atoms with Crippen LogP contribution in [-0.4, -0.2) is 38.7 Å². The molecule has 1 fully saturated rings. The van der Waals surface area contributed by atoms with Gasteiger partial charge in [-0.2, -0.15) is 5.10 Å². The molecule has 7 nitrogen and oxygen atoms in total. The maximum atomic E-state index is 11.9. The number of piperidine rings is 1. The minimum Gasteiger partial charge on any atom is -0.350 e. The molecular formula is C17H20N6O. The van der Waals surface area contributed by atoms with E-state index in [1.54, 1.807) is 12.4 Å². The fraction of sp³-hybridized carbons (Fsp3) is 0.353. The average Bonchev–Trinajstić information content (AvgIpc) is 3.04. The quantitative estimate of drug-likeness (QED) is 0.753. The van der Waals surface area contributed by atoms with Gasteiger partial charge in [0.05, 0.1) is 11.7 Å². The van der Waals surface area contributed by atoms with Crippen molar-refractivity contribution in [1.29, 1.82) is 0 Å². The Morgan fingerprint density at radius 3 is 3.25 bits per heavy atom. The summed E-state index contributed by atoms with van der Waals surface area (Å²) < 4.78 is 1.89. The Kier molecular flexibility index (Phi) is 4.00. The SMILES string of the molecule is O=c1[nH]ccnc1N1CCCC(NCc2cnn3ccccc23)C1. The number of hydrogen-bond donors (Lipinski definition) is 2. The lowest BCUT2D eigenvalue weighted by Crippen LogP contribution is -2.47. The average molecular weight is 324 g/mol. The molecule has 0 amide bonds. The van der Waals surface area contributed by atoms with E-state index in [9.17, 15) is 4.79 Å². The third kappa shape index (κ3) is 2.90. The van der Waals surface area contributed by atoms with Crippen molar-refractivity contribution < 1.29 is 0 Å². The van der Waals surface area contributed by atoms with E-state index in [1.165, 1.54) is 5.56 Å². The number of fused-ring (bicyclic) bond motifs is 1. The molecule has 7 heteroatoms. The van der Waals surface area contributed by atoms with Gasteiger partial charge < -0.3 is 15.2 Å². The number of nitrogens with one attached hydrogen (secondary N) is 2. The number of hydrogen-bond acceptors (Lipinski definition) is 5. The number of rotatable bonds is 4. The molecule has 0 aliphatic carbocycles. The Morgan fingerprint density at radius 2 is 2.33 bits per heavy atom. The summed E-state index contributed by atoms with van der Waals surface area (Å²) in [7, 11) is 0. The lowest BCUT2D eigenvalue weighted by Gasteiger charge is -2.33. The monoisotopic (exact) mass is 324 g/mol. The predicted octanol–water partition coefficient (Wildman–Crippen LogP) is 1.18. The summed E-state index contributed by atoms with van der Waals surface area (Å²) in [5.41, 5.74) is 2.18. The van der Waals surface area contributed by atoms with Gasteiger partial charge in [0.15, 0.2) is 5.82 Å². The Bertz CT molecular complexity index is 886. The van der Waals surface area contributed by atoms with Gasteiger partial charge in [-0.3, -0.25) is 4.79 Å². The van der Waals surface area contributed by atoms with Crippen molar-refractivity contribution in [2.45, 2.75) is 25.4 Å². The molecule has 4 heterocycles. The molecule has 1 aliphatic rings. The van der Waals surface area contributed by atoms with E-state index >= 15 is 0 Å². The van der Waals surface area contributed by atoms with Crippen LogP contribution in [0.1, 0.15) is 18.4 Å². The van der Waals surface area contributed by atoms with E-state index in [2.05, 4.69) is 31.3 Å². The summed E-state index contributed by atoms with van der Waals surface area (Å²) in [6.07, 6.45) is 9.20. The highest BCUT2D eigenvalue weighted by Crippen LogP contribution is 2.16. The van der Waals surface area contributed by atoms with Crippen LogP contribution in [0.5, 0.6) is 0 Å². The first-order chi connectivity index (χ1) is 11.8. The largest absolute Gasteiger partial charge is 0.350 e. The van der Waals surface area contributed by atoms with Gasteiger partial charge in [0.2, 0.25) is 0 Å². The summed E-state index contributed by atoms with van der Waals surface area (Å²) in [6, 6.07) is 6.40. The van der Waals surface area contributed by atoms with Crippen molar-refractivity contribution in [3.05, 3.63) is 58.9 Å². The van der Waals surface area contributed by atoms with Crippen LogP contribution in [0.3, 0.4) is 0 Å².